The fraction of sp³-hybridized carbons (Fsp3) is 0.0588. The van der Waals surface area contributed by atoms with Crippen LogP contribution < -0.4 is 5.32 Å². The van der Waals surface area contributed by atoms with Gasteiger partial charge >= 0.3 is 0 Å². The molecule has 0 aliphatic rings. The number of amides is 1. The number of thioether (sulfide) groups is 1. The van der Waals surface area contributed by atoms with Crippen molar-refractivity contribution < 1.29 is 9.18 Å². The maximum atomic E-state index is 13.5. The number of para-hydroxylation sites is 1. The number of hydrogen-bond donors (Lipinski definition) is 1. The van der Waals surface area contributed by atoms with Gasteiger partial charge in [-0.25, -0.2) is 4.39 Å². The van der Waals surface area contributed by atoms with Crippen LogP contribution in [0.3, 0.4) is 0 Å². The topological polar surface area (TPSA) is 67.8 Å². The fourth-order valence-corrected chi connectivity index (χ4v) is 2.55. The van der Waals surface area contributed by atoms with Gasteiger partial charge in [-0.05, 0) is 36.4 Å². The molecular formula is C17H13FN4OS. The zero-order valence-electron chi connectivity index (χ0n) is 12.5. The molecule has 0 saturated heterocycles. The summed E-state index contributed by atoms with van der Waals surface area (Å²) in [5.41, 5.74) is 1.56. The zero-order chi connectivity index (χ0) is 16.8. The number of carbonyl (C=O) groups is 1. The smallest absolute Gasteiger partial charge is 0.234 e. The summed E-state index contributed by atoms with van der Waals surface area (Å²) in [4.78, 5) is 16.1. The Morgan fingerprint density at radius 3 is 2.54 bits per heavy atom. The highest BCUT2D eigenvalue weighted by molar-refractivity contribution is 7.99. The van der Waals surface area contributed by atoms with Gasteiger partial charge in [0.2, 0.25) is 5.91 Å². The minimum absolute atomic E-state index is 0.117. The molecule has 1 N–H and O–H groups in total. The maximum Gasteiger partial charge on any atom is 0.234 e. The predicted molar refractivity (Wildman–Crippen MR) is 91.0 cm³/mol. The number of nitrogens with one attached hydrogen (secondary N) is 1. The number of pyridine rings is 1. The number of benzene rings is 1. The van der Waals surface area contributed by atoms with Crippen LogP contribution in [0.15, 0.2) is 65.8 Å². The van der Waals surface area contributed by atoms with Crippen LogP contribution in [0.5, 0.6) is 0 Å². The number of carbonyl (C=O) groups excluding carboxylic acids is 1. The molecule has 0 saturated carbocycles. The summed E-state index contributed by atoms with van der Waals surface area (Å²) < 4.78 is 13.5. The van der Waals surface area contributed by atoms with Crippen molar-refractivity contribution in [1.82, 2.24) is 15.2 Å². The molecule has 0 atom stereocenters. The second kappa shape index (κ2) is 7.65. The van der Waals surface area contributed by atoms with E-state index in [0.717, 1.165) is 5.69 Å². The normalized spacial score (nSPS) is 10.4. The number of nitrogens with zero attached hydrogens (tertiary/aromatic N) is 3. The molecule has 0 aliphatic heterocycles. The number of halogens is 1. The maximum absolute atomic E-state index is 13.5. The van der Waals surface area contributed by atoms with Gasteiger partial charge in [0.15, 0.2) is 0 Å². The third-order valence-electron chi connectivity index (χ3n) is 3.07. The summed E-state index contributed by atoms with van der Waals surface area (Å²) in [6, 6.07) is 15.2. The van der Waals surface area contributed by atoms with Crippen LogP contribution in [0.2, 0.25) is 0 Å². The first-order valence-electron chi connectivity index (χ1n) is 7.15. The fourth-order valence-electron chi connectivity index (χ4n) is 1.94. The van der Waals surface area contributed by atoms with E-state index in [1.807, 2.05) is 18.2 Å². The Bertz CT molecular complexity index is 828. The van der Waals surface area contributed by atoms with Crippen LogP contribution in [0.4, 0.5) is 10.1 Å². The molecule has 0 bridgehead atoms. The van der Waals surface area contributed by atoms with E-state index in [1.54, 1.807) is 30.5 Å². The second-order valence-corrected chi connectivity index (χ2v) is 5.78. The van der Waals surface area contributed by atoms with E-state index >= 15 is 0 Å². The van der Waals surface area contributed by atoms with Crippen molar-refractivity contribution in [1.29, 1.82) is 0 Å². The molecule has 0 aliphatic carbocycles. The average molecular weight is 340 g/mol. The predicted octanol–water partition coefficient (Wildman–Crippen LogP) is 3.41. The number of aromatic nitrogens is 3. The second-order valence-electron chi connectivity index (χ2n) is 4.79. The van der Waals surface area contributed by atoms with Crippen LogP contribution in [-0.4, -0.2) is 26.8 Å². The van der Waals surface area contributed by atoms with Crippen molar-refractivity contribution in [2.45, 2.75) is 5.03 Å². The van der Waals surface area contributed by atoms with E-state index in [1.165, 1.54) is 23.9 Å². The molecule has 1 amide bonds. The molecule has 2 aromatic heterocycles. The van der Waals surface area contributed by atoms with E-state index in [9.17, 15) is 9.18 Å². The van der Waals surface area contributed by atoms with Gasteiger partial charge in [0.1, 0.15) is 16.5 Å². The lowest BCUT2D eigenvalue weighted by Crippen LogP contribution is -2.15. The molecule has 3 rings (SSSR count). The summed E-state index contributed by atoms with van der Waals surface area (Å²) in [5, 5.41) is 11.3. The molecule has 0 radical (unpaired) electrons. The van der Waals surface area contributed by atoms with Gasteiger partial charge in [0.05, 0.1) is 17.1 Å². The van der Waals surface area contributed by atoms with Crippen LogP contribution in [0, 0.1) is 5.82 Å². The molecule has 7 heteroatoms. The van der Waals surface area contributed by atoms with Gasteiger partial charge in [0.25, 0.3) is 0 Å². The first kappa shape index (κ1) is 16.1. The van der Waals surface area contributed by atoms with Crippen molar-refractivity contribution in [2.75, 3.05) is 11.1 Å². The summed E-state index contributed by atoms with van der Waals surface area (Å²) >= 11 is 1.23. The highest BCUT2D eigenvalue weighted by Gasteiger charge is 2.08. The molecule has 24 heavy (non-hydrogen) atoms. The molecule has 0 unspecified atom stereocenters. The number of rotatable bonds is 5. The molecular weight excluding hydrogens is 327 g/mol. The largest absolute Gasteiger partial charge is 0.323 e. The van der Waals surface area contributed by atoms with E-state index < -0.39 is 5.82 Å². The molecule has 5 nitrogen and oxygen atoms in total. The summed E-state index contributed by atoms with van der Waals surface area (Å²) in [7, 11) is 0. The highest BCUT2D eigenvalue weighted by atomic mass is 32.2. The van der Waals surface area contributed by atoms with Crippen LogP contribution in [-0.2, 0) is 4.79 Å². The number of hydrogen-bond acceptors (Lipinski definition) is 5. The molecule has 120 valence electrons. The Labute approximate surface area is 142 Å². The lowest BCUT2D eigenvalue weighted by molar-refractivity contribution is -0.113. The van der Waals surface area contributed by atoms with E-state index in [2.05, 4.69) is 20.5 Å². The molecule has 1 aromatic carbocycles. The van der Waals surface area contributed by atoms with Crippen LogP contribution >= 0.6 is 11.8 Å². The van der Waals surface area contributed by atoms with E-state index in [-0.39, 0.29) is 17.3 Å². The molecule has 2 heterocycles. The third kappa shape index (κ3) is 4.14. The van der Waals surface area contributed by atoms with Gasteiger partial charge in [0, 0.05) is 6.20 Å². The minimum atomic E-state index is -0.463. The quantitative estimate of drug-likeness (QED) is 0.721. The first-order valence-corrected chi connectivity index (χ1v) is 8.13. The van der Waals surface area contributed by atoms with Crippen molar-refractivity contribution in [3.05, 3.63) is 66.6 Å². The molecule has 0 fully saturated rings. The van der Waals surface area contributed by atoms with Crippen LogP contribution in [0.1, 0.15) is 0 Å². The van der Waals surface area contributed by atoms with Crippen molar-refractivity contribution in [2.24, 2.45) is 0 Å². The number of anilines is 1. The first-order chi connectivity index (χ1) is 11.7. The minimum Gasteiger partial charge on any atom is -0.323 e. The summed E-state index contributed by atoms with van der Waals surface area (Å²) in [5.74, 6) is -0.651. The Morgan fingerprint density at radius 1 is 1.00 bits per heavy atom. The summed E-state index contributed by atoms with van der Waals surface area (Å²) in [6.07, 6.45) is 1.69. The standard InChI is InChI=1S/C17H13FN4OS/c18-12-5-1-2-6-13(12)20-16(23)11-24-17-9-8-15(21-22-17)14-7-3-4-10-19-14/h1-10H,11H2,(H,20,23). The van der Waals surface area contributed by atoms with Crippen molar-refractivity contribution in [3.8, 4) is 11.4 Å². The Balaban J connectivity index is 1.57. The van der Waals surface area contributed by atoms with Gasteiger partial charge in [-0.15, -0.1) is 10.2 Å². The lowest BCUT2D eigenvalue weighted by Gasteiger charge is -2.05. The molecule has 0 spiro atoms. The van der Waals surface area contributed by atoms with E-state index in [4.69, 9.17) is 0 Å². The van der Waals surface area contributed by atoms with Gasteiger partial charge in [-0.2, -0.15) is 0 Å². The Morgan fingerprint density at radius 2 is 1.83 bits per heavy atom. The SMILES string of the molecule is O=C(CSc1ccc(-c2ccccn2)nn1)Nc1ccccc1F. The summed E-state index contributed by atoms with van der Waals surface area (Å²) in [6.45, 7) is 0. The van der Waals surface area contributed by atoms with Gasteiger partial charge in [-0.3, -0.25) is 9.78 Å². The Hall–Kier alpha value is -2.80. The van der Waals surface area contributed by atoms with Gasteiger partial charge in [-0.1, -0.05) is 30.0 Å². The van der Waals surface area contributed by atoms with Gasteiger partial charge < -0.3 is 5.32 Å². The highest BCUT2D eigenvalue weighted by Crippen LogP contribution is 2.19. The third-order valence-corrected chi connectivity index (χ3v) is 3.99. The lowest BCUT2D eigenvalue weighted by atomic mass is 10.2. The average Bonchev–Trinajstić information content (AvgIpc) is 2.63. The Kier molecular flexibility index (Phi) is 5.12. The van der Waals surface area contributed by atoms with E-state index in [0.29, 0.717) is 10.7 Å². The molecule has 3 aromatic rings. The zero-order valence-corrected chi connectivity index (χ0v) is 13.3. The van der Waals surface area contributed by atoms with Crippen molar-refractivity contribution in [3.63, 3.8) is 0 Å². The van der Waals surface area contributed by atoms with Crippen LogP contribution in [0.25, 0.3) is 11.4 Å². The van der Waals surface area contributed by atoms with Crippen molar-refractivity contribution >= 4 is 23.4 Å². The monoisotopic (exact) mass is 340 g/mol.